The van der Waals surface area contributed by atoms with E-state index in [4.69, 9.17) is 5.73 Å². The van der Waals surface area contributed by atoms with Gasteiger partial charge in [-0.3, -0.25) is 9.48 Å². The third-order valence-corrected chi connectivity index (χ3v) is 3.45. The molecule has 2 aromatic heterocycles. The van der Waals surface area contributed by atoms with Gasteiger partial charge in [-0.15, -0.1) is 0 Å². The van der Waals surface area contributed by atoms with Gasteiger partial charge >= 0.3 is 0 Å². The Morgan fingerprint density at radius 3 is 3.05 bits per heavy atom. The van der Waals surface area contributed by atoms with Gasteiger partial charge < -0.3 is 11.1 Å². The van der Waals surface area contributed by atoms with E-state index < -0.39 is 5.91 Å². The Morgan fingerprint density at radius 1 is 1.42 bits per heavy atom. The highest BCUT2D eigenvalue weighted by Crippen LogP contribution is 2.27. The Hall–Kier alpha value is -2.41. The minimum atomic E-state index is -0.422. The zero-order valence-electron chi connectivity index (χ0n) is 9.91. The van der Waals surface area contributed by atoms with Gasteiger partial charge in [-0.2, -0.15) is 5.10 Å². The number of thiazole rings is 1. The number of benzene rings is 1. The van der Waals surface area contributed by atoms with Crippen LogP contribution < -0.4 is 11.1 Å². The first-order valence-corrected chi connectivity index (χ1v) is 6.46. The number of hydrogen-bond donors (Lipinski definition) is 2. The summed E-state index contributed by atoms with van der Waals surface area (Å²) < 4.78 is 2.60. The summed E-state index contributed by atoms with van der Waals surface area (Å²) in [5.74, 6) is -0.422. The first-order chi connectivity index (χ1) is 9.20. The number of fused-ring (bicyclic) bond motifs is 1. The predicted octanol–water partition coefficient (Wildman–Crippen LogP) is 1.72. The molecule has 0 radical (unpaired) electrons. The molecule has 96 valence electrons. The standard InChI is InChI=1S/C12H11N5OS/c13-11(18)7-17-6-8(5-14-17)15-12-16-9-3-1-2-4-10(9)19-12/h1-6H,7H2,(H2,13,18)(H,15,16). The summed E-state index contributed by atoms with van der Waals surface area (Å²) in [6, 6.07) is 7.92. The molecular formula is C12H11N5OS. The van der Waals surface area contributed by atoms with Gasteiger partial charge in [-0.25, -0.2) is 4.98 Å². The summed E-state index contributed by atoms with van der Waals surface area (Å²) in [5.41, 5.74) is 6.84. The lowest BCUT2D eigenvalue weighted by Gasteiger charge is -1.96. The second-order valence-electron chi connectivity index (χ2n) is 4.00. The Kier molecular flexibility index (Phi) is 2.88. The number of rotatable bonds is 4. The van der Waals surface area contributed by atoms with Gasteiger partial charge in [0.1, 0.15) is 6.54 Å². The minimum Gasteiger partial charge on any atom is -0.368 e. The van der Waals surface area contributed by atoms with E-state index in [0.717, 1.165) is 21.0 Å². The molecule has 0 saturated heterocycles. The second kappa shape index (κ2) is 4.69. The second-order valence-corrected chi connectivity index (χ2v) is 5.04. The average molecular weight is 273 g/mol. The summed E-state index contributed by atoms with van der Waals surface area (Å²) in [4.78, 5) is 15.2. The molecule has 0 saturated carbocycles. The number of nitrogens with zero attached hydrogens (tertiary/aromatic N) is 3. The molecule has 3 N–H and O–H groups in total. The van der Waals surface area contributed by atoms with Crippen molar-refractivity contribution in [3.05, 3.63) is 36.7 Å². The lowest BCUT2D eigenvalue weighted by molar-refractivity contribution is -0.118. The first-order valence-electron chi connectivity index (χ1n) is 5.64. The van der Waals surface area contributed by atoms with Crippen molar-refractivity contribution >= 4 is 38.3 Å². The summed E-state index contributed by atoms with van der Waals surface area (Å²) in [7, 11) is 0. The Balaban J connectivity index is 1.80. The molecule has 0 fully saturated rings. The number of para-hydroxylation sites is 1. The van der Waals surface area contributed by atoms with Gasteiger partial charge in [0.2, 0.25) is 5.91 Å². The molecule has 0 aliphatic heterocycles. The van der Waals surface area contributed by atoms with E-state index in [0.29, 0.717) is 0 Å². The molecule has 0 aliphatic carbocycles. The maximum Gasteiger partial charge on any atom is 0.239 e. The van der Waals surface area contributed by atoms with Crippen molar-refractivity contribution in [3.63, 3.8) is 0 Å². The van der Waals surface area contributed by atoms with Crippen molar-refractivity contribution in [2.24, 2.45) is 5.73 Å². The average Bonchev–Trinajstić information content (AvgIpc) is 2.94. The zero-order chi connectivity index (χ0) is 13.2. The van der Waals surface area contributed by atoms with Crippen molar-refractivity contribution in [2.75, 3.05) is 5.32 Å². The number of anilines is 2. The van der Waals surface area contributed by atoms with E-state index in [1.807, 2.05) is 24.3 Å². The summed E-state index contributed by atoms with van der Waals surface area (Å²) in [5, 5.41) is 7.99. The van der Waals surface area contributed by atoms with Crippen molar-refractivity contribution < 1.29 is 4.79 Å². The fourth-order valence-electron chi connectivity index (χ4n) is 1.72. The molecule has 3 rings (SSSR count). The van der Waals surface area contributed by atoms with Crippen LogP contribution in [0.4, 0.5) is 10.8 Å². The SMILES string of the molecule is NC(=O)Cn1cc(Nc2nc3ccccc3s2)cn1. The molecule has 6 nitrogen and oxygen atoms in total. The van der Waals surface area contributed by atoms with Gasteiger partial charge in [0.25, 0.3) is 0 Å². The van der Waals surface area contributed by atoms with Crippen LogP contribution in [0.1, 0.15) is 0 Å². The summed E-state index contributed by atoms with van der Waals surface area (Å²) in [6.45, 7) is 0.0710. The fourth-order valence-corrected chi connectivity index (χ4v) is 2.61. The van der Waals surface area contributed by atoms with Crippen LogP contribution in [0.5, 0.6) is 0 Å². The lowest BCUT2D eigenvalue weighted by atomic mass is 10.3. The maximum atomic E-state index is 10.8. The van der Waals surface area contributed by atoms with Crippen LogP contribution in [-0.2, 0) is 11.3 Å². The van der Waals surface area contributed by atoms with Gasteiger partial charge in [0.05, 0.1) is 22.1 Å². The van der Waals surface area contributed by atoms with Crippen LogP contribution in [0, 0.1) is 0 Å². The van der Waals surface area contributed by atoms with E-state index in [1.165, 1.54) is 4.68 Å². The van der Waals surface area contributed by atoms with Crippen LogP contribution >= 0.6 is 11.3 Å². The van der Waals surface area contributed by atoms with Crippen LogP contribution in [0.25, 0.3) is 10.2 Å². The molecule has 0 bridgehead atoms. The molecule has 0 aliphatic rings. The molecule has 1 amide bonds. The maximum absolute atomic E-state index is 10.8. The van der Waals surface area contributed by atoms with Crippen LogP contribution in [0.2, 0.25) is 0 Å². The first kappa shape index (κ1) is 11.7. The highest BCUT2D eigenvalue weighted by Gasteiger charge is 2.05. The molecule has 0 spiro atoms. The summed E-state index contributed by atoms with van der Waals surface area (Å²) >= 11 is 1.56. The number of primary amides is 1. The van der Waals surface area contributed by atoms with Gasteiger partial charge in [-0.05, 0) is 12.1 Å². The van der Waals surface area contributed by atoms with Crippen LogP contribution in [-0.4, -0.2) is 20.7 Å². The summed E-state index contributed by atoms with van der Waals surface area (Å²) in [6.07, 6.45) is 3.35. The van der Waals surface area contributed by atoms with E-state index in [2.05, 4.69) is 15.4 Å². The van der Waals surface area contributed by atoms with Gasteiger partial charge in [0, 0.05) is 6.20 Å². The normalized spacial score (nSPS) is 10.7. The predicted molar refractivity (Wildman–Crippen MR) is 74.3 cm³/mol. The Morgan fingerprint density at radius 2 is 2.26 bits per heavy atom. The molecule has 3 aromatic rings. The van der Waals surface area contributed by atoms with E-state index in [9.17, 15) is 4.79 Å². The fraction of sp³-hybridized carbons (Fsp3) is 0.0833. The highest BCUT2D eigenvalue weighted by molar-refractivity contribution is 7.22. The number of amides is 1. The topological polar surface area (TPSA) is 85.8 Å². The molecule has 0 unspecified atom stereocenters. The zero-order valence-corrected chi connectivity index (χ0v) is 10.7. The van der Waals surface area contributed by atoms with Crippen molar-refractivity contribution in [3.8, 4) is 0 Å². The van der Waals surface area contributed by atoms with E-state index >= 15 is 0 Å². The minimum absolute atomic E-state index is 0.0710. The quantitative estimate of drug-likeness (QED) is 0.758. The molecule has 19 heavy (non-hydrogen) atoms. The van der Waals surface area contributed by atoms with Crippen LogP contribution in [0.15, 0.2) is 36.7 Å². The van der Waals surface area contributed by atoms with Gasteiger partial charge in [0.15, 0.2) is 5.13 Å². The van der Waals surface area contributed by atoms with E-state index in [-0.39, 0.29) is 6.54 Å². The number of aromatic nitrogens is 3. The third-order valence-electron chi connectivity index (χ3n) is 2.50. The molecule has 0 atom stereocenters. The molecule has 7 heteroatoms. The van der Waals surface area contributed by atoms with E-state index in [1.54, 1.807) is 23.7 Å². The number of hydrogen-bond acceptors (Lipinski definition) is 5. The van der Waals surface area contributed by atoms with Crippen LogP contribution in [0.3, 0.4) is 0 Å². The number of nitrogens with one attached hydrogen (secondary N) is 1. The lowest BCUT2D eigenvalue weighted by Crippen LogP contribution is -2.18. The highest BCUT2D eigenvalue weighted by atomic mass is 32.1. The van der Waals surface area contributed by atoms with Gasteiger partial charge in [-0.1, -0.05) is 23.5 Å². The van der Waals surface area contributed by atoms with Crippen molar-refractivity contribution in [1.82, 2.24) is 14.8 Å². The number of carbonyl (C=O) groups is 1. The third kappa shape index (κ3) is 2.55. The van der Waals surface area contributed by atoms with Crippen molar-refractivity contribution in [2.45, 2.75) is 6.54 Å². The monoisotopic (exact) mass is 273 g/mol. The molecule has 2 heterocycles. The molecule has 1 aromatic carbocycles. The van der Waals surface area contributed by atoms with Crippen molar-refractivity contribution in [1.29, 1.82) is 0 Å². The number of carbonyl (C=O) groups excluding carboxylic acids is 1. The molecular weight excluding hydrogens is 262 g/mol. The smallest absolute Gasteiger partial charge is 0.239 e. The largest absolute Gasteiger partial charge is 0.368 e. The number of nitrogens with two attached hydrogens (primary N) is 1. The Bertz CT molecular complexity index is 699. The Labute approximate surface area is 112 Å².